The Kier molecular flexibility index (Phi) is 2.48. The van der Waals surface area contributed by atoms with Crippen molar-refractivity contribution in [2.24, 2.45) is 0 Å². The van der Waals surface area contributed by atoms with E-state index in [1.54, 1.807) is 0 Å². The first-order valence-electron chi connectivity index (χ1n) is 4.01. The standard InChI is InChI=1S/C9H5N3O2S/c10-5-11-9(13)6-4-7(14-12-6)8-2-1-3-15-8/h1-4H,(H,11,13). The van der Waals surface area contributed by atoms with E-state index in [0.717, 1.165) is 4.88 Å². The van der Waals surface area contributed by atoms with Crippen LogP contribution >= 0.6 is 11.3 Å². The fourth-order valence-corrected chi connectivity index (χ4v) is 1.71. The Morgan fingerprint density at radius 3 is 3.20 bits per heavy atom. The number of carbonyl (C=O) groups excluding carboxylic acids is 1. The molecule has 15 heavy (non-hydrogen) atoms. The lowest BCUT2D eigenvalue weighted by Gasteiger charge is -1.86. The number of nitrogens with one attached hydrogen (secondary N) is 1. The molecule has 0 spiro atoms. The first-order chi connectivity index (χ1) is 7.31. The molecule has 2 rings (SSSR count). The van der Waals surface area contributed by atoms with Crippen LogP contribution in [0.1, 0.15) is 10.5 Å². The summed E-state index contributed by atoms with van der Waals surface area (Å²) in [6, 6.07) is 5.23. The van der Waals surface area contributed by atoms with Crippen molar-refractivity contribution in [2.75, 3.05) is 0 Å². The number of carbonyl (C=O) groups is 1. The zero-order chi connectivity index (χ0) is 10.7. The number of hydrogen-bond donors (Lipinski definition) is 1. The van der Waals surface area contributed by atoms with Gasteiger partial charge in [0.25, 0.3) is 5.91 Å². The van der Waals surface area contributed by atoms with Crippen LogP contribution in [0.2, 0.25) is 0 Å². The fraction of sp³-hybridized carbons (Fsp3) is 0. The maximum absolute atomic E-state index is 11.2. The first kappa shape index (κ1) is 9.43. The van der Waals surface area contributed by atoms with Crippen LogP contribution < -0.4 is 5.32 Å². The minimum Gasteiger partial charge on any atom is -0.355 e. The summed E-state index contributed by atoms with van der Waals surface area (Å²) in [5.74, 6) is -0.0443. The van der Waals surface area contributed by atoms with Crippen molar-refractivity contribution < 1.29 is 9.32 Å². The molecule has 0 aliphatic heterocycles. The summed E-state index contributed by atoms with van der Waals surface area (Å²) in [6.07, 6.45) is 1.53. The molecule has 0 unspecified atom stereocenters. The van der Waals surface area contributed by atoms with E-state index in [9.17, 15) is 4.79 Å². The van der Waals surface area contributed by atoms with Crippen molar-refractivity contribution in [1.82, 2.24) is 10.5 Å². The molecule has 2 aromatic heterocycles. The minimum atomic E-state index is -0.566. The second kappa shape index (κ2) is 3.94. The van der Waals surface area contributed by atoms with Crippen LogP contribution in [0.4, 0.5) is 0 Å². The summed E-state index contributed by atoms with van der Waals surface area (Å²) < 4.78 is 4.97. The lowest BCUT2D eigenvalue weighted by molar-refractivity contribution is 0.0964. The smallest absolute Gasteiger partial charge is 0.286 e. The van der Waals surface area contributed by atoms with Gasteiger partial charge in [0.15, 0.2) is 17.6 Å². The summed E-state index contributed by atoms with van der Waals surface area (Å²) in [6.45, 7) is 0. The van der Waals surface area contributed by atoms with Gasteiger partial charge in [-0.3, -0.25) is 10.1 Å². The number of aromatic nitrogens is 1. The van der Waals surface area contributed by atoms with Crippen LogP contribution in [-0.4, -0.2) is 11.1 Å². The molecular weight excluding hydrogens is 214 g/mol. The number of amides is 1. The van der Waals surface area contributed by atoms with Gasteiger partial charge in [-0.2, -0.15) is 5.26 Å². The molecule has 1 N–H and O–H groups in total. The molecule has 0 aromatic carbocycles. The number of hydrogen-bond acceptors (Lipinski definition) is 5. The average Bonchev–Trinajstić information content (AvgIpc) is 2.89. The molecule has 0 fully saturated rings. The molecule has 0 aliphatic carbocycles. The molecule has 0 saturated heterocycles. The monoisotopic (exact) mass is 219 g/mol. The molecule has 1 amide bonds. The summed E-state index contributed by atoms with van der Waals surface area (Å²) in [5.41, 5.74) is 0.0972. The zero-order valence-electron chi connectivity index (χ0n) is 7.43. The molecule has 74 valence electrons. The largest absolute Gasteiger partial charge is 0.355 e. The van der Waals surface area contributed by atoms with E-state index in [1.807, 2.05) is 22.8 Å². The summed E-state index contributed by atoms with van der Waals surface area (Å²) in [7, 11) is 0. The van der Waals surface area contributed by atoms with Crippen molar-refractivity contribution in [3.05, 3.63) is 29.3 Å². The Hall–Kier alpha value is -2.13. The quantitative estimate of drug-likeness (QED) is 0.614. The van der Waals surface area contributed by atoms with Crippen molar-refractivity contribution in [3.8, 4) is 16.8 Å². The maximum Gasteiger partial charge on any atom is 0.286 e. The number of nitriles is 1. The topological polar surface area (TPSA) is 78.9 Å². The molecule has 0 radical (unpaired) electrons. The van der Waals surface area contributed by atoms with Crippen LogP contribution in [0.5, 0.6) is 0 Å². The number of thiophene rings is 1. The molecule has 5 nitrogen and oxygen atoms in total. The van der Waals surface area contributed by atoms with E-state index >= 15 is 0 Å². The van der Waals surface area contributed by atoms with Crippen LogP contribution in [0, 0.1) is 11.5 Å². The molecule has 2 heterocycles. The van der Waals surface area contributed by atoms with Crippen molar-refractivity contribution >= 4 is 17.2 Å². The van der Waals surface area contributed by atoms with Gasteiger partial charge in [-0.25, -0.2) is 0 Å². The molecule has 0 bridgehead atoms. The van der Waals surface area contributed by atoms with Gasteiger partial charge in [-0.15, -0.1) is 11.3 Å². The summed E-state index contributed by atoms with van der Waals surface area (Å²) in [5, 5.41) is 15.7. The fourth-order valence-electron chi connectivity index (χ4n) is 1.03. The Morgan fingerprint density at radius 2 is 2.53 bits per heavy atom. The molecular formula is C9H5N3O2S. The second-order valence-electron chi connectivity index (χ2n) is 2.62. The highest BCUT2D eigenvalue weighted by molar-refractivity contribution is 7.13. The third kappa shape index (κ3) is 1.87. The van der Waals surface area contributed by atoms with Gasteiger partial charge in [0, 0.05) is 6.07 Å². The van der Waals surface area contributed by atoms with E-state index in [4.69, 9.17) is 9.78 Å². The molecule has 6 heteroatoms. The van der Waals surface area contributed by atoms with Gasteiger partial charge in [0.1, 0.15) is 0 Å². The van der Waals surface area contributed by atoms with E-state index in [-0.39, 0.29) is 5.69 Å². The Labute approximate surface area is 88.9 Å². The maximum atomic E-state index is 11.2. The predicted molar refractivity (Wildman–Crippen MR) is 52.9 cm³/mol. The third-order valence-electron chi connectivity index (χ3n) is 1.68. The van der Waals surface area contributed by atoms with Gasteiger partial charge >= 0.3 is 0 Å². The summed E-state index contributed by atoms with van der Waals surface area (Å²) in [4.78, 5) is 12.1. The van der Waals surface area contributed by atoms with Crippen LogP contribution in [-0.2, 0) is 0 Å². The minimum absolute atomic E-state index is 0.0972. The van der Waals surface area contributed by atoms with Crippen LogP contribution in [0.3, 0.4) is 0 Å². The Bertz CT molecular complexity index is 510. The van der Waals surface area contributed by atoms with E-state index in [1.165, 1.54) is 23.6 Å². The van der Waals surface area contributed by atoms with Crippen molar-refractivity contribution in [3.63, 3.8) is 0 Å². The summed E-state index contributed by atoms with van der Waals surface area (Å²) >= 11 is 1.48. The molecule has 0 aliphatic rings. The van der Waals surface area contributed by atoms with E-state index in [2.05, 4.69) is 5.16 Å². The van der Waals surface area contributed by atoms with Gasteiger partial charge < -0.3 is 4.52 Å². The highest BCUT2D eigenvalue weighted by atomic mass is 32.1. The van der Waals surface area contributed by atoms with Gasteiger partial charge in [0.05, 0.1) is 4.88 Å². The van der Waals surface area contributed by atoms with Crippen LogP contribution in [0.25, 0.3) is 10.6 Å². The van der Waals surface area contributed by atoms with Crippen molar-refractivity contribution in [2.45, 2.75) is 0 Å². The lowest BCUT2D eigenvalue weighted by Crippen LogP contribution is -2.17. The van der Waals surface area contributed by atoms with Gasteiger partial charge in [0.2, 0.25) is 0 Å². The predicted octanol–water partition coefficient (Wildman–Crippen LogP) is 1.61. The number of rotatable bonds is 2. The first-order valence-corrected chi connectivity index (χ1v) is 4.89. The van der Waals surface area contributed by atoms with Gasteiger partial charge in [-0.1, -0.05) is 11.2 Å². The zero-order valence-corrected chi connectivity index (χ0v) is 8.25. The normalized spacial score (nSPS) is 9.53. The Balaban J connectivity index is 2.26. The average molecular weight is 219 g/mol. The van der Waals surface area contributed by atoms with Gasteiger partial charge in [-0.05, 0) is 11.4 Å². The van der Waals surface area contributed by atoms with Crippen molar-refractivity contribution in [1.29, 1.82) is 5.26 Å². The molecule has 0 atom stereocenters. The third-order valence-corrected chi connectivity index (χ3v) is 2.56. The van der Waals surface area contributed by atoms with E-state index in [0.29, 0.717) is 5.76 Å². The lowest BCUT2D eigenvalue weighted by atomic mass is 10.3. The highest BCUT2D eigenvalue weighted by Crippen LogP contribution is 2.24. The SMILES string of the molecule is N#CNC(=O)c1cc(-c2cccs2)on1. The van der Waals surface area contributed by atoms with Crippen LogP contribution in [0.15, 0.2) is 28.1 Å². The van der Waals surface area contributed by atoms with E-state index < -0.39 is 5.91 Å². The Morgan fingerprint density at radius 1 is 1.67 bits per heavy atom. The molecule has 0 saturated carbocycles. The second-order valence-corrected chi connectivity index (χ2v) is 3.57. The number of nitrogens with zero attached hydrogens (tertiary/aromatic N) is 2. The highest BCUT2D eigenvalue weighted by Gasteiger charge is 2.13. The molecule has 2 aromatic rings.